The van der Waals surface area contributed by atoms with Gasteiger partial charge in [-0.15, -0.1) is 0 Å². The summed E-state index contributed by atoms with van der Waals surface area (Å²) in [5.74, 6) is 0.967. The maximum atomic E-state index is 4.80. The van der Waals surface area contributed by atoms with Crippen LogP contribution in [0.4, 0.5) is 0 Å². The van der Waals surface area contributed by atoms with E-state index in [1.165, 1.54) is 66.8 Å². The maximum Gasteiger partial charge on any atom is 0.0704 e. The standard InChI is InChI=1S/C69H69N3/c1-67(2,3)55-34-37-70-64(43-55)49-28-22-46(23-29-49)58-16-10-13-19-61(58)52-40-53(62-20-14-11-17-59(62)47-24-30-50(31-25-47)65-44-56(35-38-71-65)68(4,5)6)42-54(41-52)63-21-15-12-18-60(63)48-26-32-51(33-27-48)66-45-57(36-39-72-66)69(7,8)9/h10-39,43-45,52-54H,40-42H2,1-9H3. The average Bonchev–Trinajstić information content (AvgIpc) is 3.40. The summed E-state index contributed by atoms with van der Waals surface area (Å²) in [6, 6.07) is 68.1. The lowest BCUT2D eigenvalue weighted by Gasteiger charge is -2.38. The molecule has 0 aliphatic heterocycles. The predicted molar refractivity (Wildman–Crippen MR) is 304 cm³/mol. The molecular formula is C69H69N3. The molecule has 3 heterocycles. The molecule has 0 saturated heterocycles. The Hall–Kier alpha value is -7.23. The predicted octanol–water partition coefficient (Wildman–Crippen LogP) is 18.6. The van der Waals surface area contributed by atoms with E-state index in [9.17, 15) is 0 Å². The highest BCUT2D eigenvalue weighted by atomic mass is 14.7. The number of hydrogen-bond donors (Lipinski definition) is 0. The van der Waals surface area contributed by atoms with E-state index in [4.69, 9.17) is 15.0 Å². The Bertz CT molecular complexity index is 2960. The number of aromatic nitrogens is 3. The molecule has 1 saturated carbocycles. The van der Waals surface area contributed by atoms with Crippen LogP contribution in [0.25, 0.3) is 67.2 Å². The van der Waals surface area contributed by atoms with Crippen LogP contribution in [0.15, 0.2) is 201 Å². The maximum absolute atomic E-state index is 4.80. The molecule has 1 fully saturated rings. The molecular weight excluding hydrogens is 871 g/mol. The van der Waals surface area contributed by atoms with Crippen molar-refractivity contribution in [3.63, 3.8) is 0 Å². The molecule has 3 nitrogen and oxygen atoms in total. The summed E-state index contributed by atoms with van der Waals surface area (Å²) in [6.45, 7) is 20.3. The molecule has 6 aromatic carbocycles. The largest absolute Gasteiger partial charge is 0.256 e. The topological polar surface area (TPSA) is 38.7 Å². The minimum absolute atomic E-state index is 0.0518. The van der Waals surface area contributed by atoms with E-state index in [2.05, 4.69) is 244 Å². The minimum atomic E-state index is 0.0518. The summed E-state index contributed by atoms with van der Waals surface area (Å²) in [7, 11) is 0. The Morgan fingerprint density at radius 1 is 0.292 bits per heavy atom. The van der Waals surface area contributed by atoms with E-state index in [1.54, 1.807) is 0 Å². The smallest absolute Gasteiger partial charge is 0.0704 e. The van der Waals surface area contributed by atoms with Gasteiger partial charge in [-0.25, -0.2) is 0 Å². The third-order valence-electron chi connectivity index (χ3n) is 15.3. The Morgan fingerprint density at radius 2 is 0.528 bits per heavy atom. The molecule has 3 aromatic heterocycles. The van der Waals surface area contributed by atoms with Gasteiger partial charge in [-0.3, -0.25) is 15.0 Å². The van der Waals surface area contributed by atoms with Crippen LogP contribution < -0.4 is 0 Å². The van der Waals surface area contributed by atoms with Gasteiger partial charge in [0.2, 0.25) is 0 Å². The molecule has 9 aromatic rings. The second-order valence-electron chi connectivity index (χ2n) is 23.3. The van der Waals surface area contributed by atoms with Gasteiger partial charge in [0.15, 0.2) is 0 Å². The van der Waals surface area contributed by atoms with Crippen molar-refractivity contribution in [1.29, 1.82) is 0 Å². The Morgan fingerprint density at radius 3 is 0.778 bits per heavy atom. The lowest BCUT2D eigenvalue weighted by Crippen LogP contribution is -2.21. The summed E-state index contributed by atoms with van der Waals surface area (Å²) < 4.78 is 0. The molecule has 0 unspecified atom stereocenters. The second kappa shape index (κ2) is 19.8. The normalized spacial score (nSPS) is 16.4. The minimum Gasteiger partial charge on any atom is -0.256 e. The molecule has 0 amide bonds. The van der Waals surface area contributed by atoms with Crippen LogP contribution in [0.5, 0.6) is 0 Å². The van der Waals surface area contributed by atoms with Crippen molar-refractivity contribution in [3.8, 4) is 67.2 Å². The summed E-state index contributed by atoms with van der Waals surface area (Å²) in [5, 5.41) is 0. The fraction of sp³-hybridized carbons (Fsp3) is 0.261. The molecule has 3 heteroatoms. The summed E-state index contributed by atoms with van der Waals surface area (Å²) >= 11 is 0. The fourth-order valence-corrected chi connectivity index (χ4v) is 11.1. The highest BCUT2D eigenvalue weighted by molar-refractivity contribution is 5.75. The van der Waals surface area contributed by atoms with Crippen molar-refractivity contribution in [1.82, 2.24) is 15.0 Å². The molecule has 10 rings (SSSR count). The molecule has 0 spiro atoms. The second-order valence-corrected chi connectivity index (χ2v) is 23.3. The van der Waals surface area contributed by atoms with Crippen LogP contribution in [0.3, 0.4) is 0 Å². The zero-order valence-electron chi connectivity index (χ0n) is 43.7. The van der Waals surface area contributed by atoms with Crippen LogP contribution >= 0.6 is 0 Å². The Kier molecular flexibility index (Phi) is 13.3. The molecule has 0 bridgehead atoms. The summed E-state index contributed by atoms with van der Waals surface area (Å²) in [5.41, 5.74) is 22.4. The van der Waals surface area contributed by atoms with Crippen molar-refractivity contribution in [3.05, 3.63) is 234 Å². The van der Waals surface area contributed by atoms with E-state index < -0.39 is 0 Å². The lowest BCUT2D eigenvalue weighted by atomic mass is 9.66. The highest BCUT2D eigenvalue weighted by Gasteiger charge is 2.35. The van der Waals surface area contributed by atoms with Crippen LogP contribution in [0, 0.1) is 0 Å². The monoisotopic (exact) mass is 940 g/mol. The average molecular weight is 940 g/mol. The molecule has 0 N–H and O–H groups in total. The van der Waals surface area contributed by atoms with Gasteiger partial charge in [0.1, 0.15) is 0 Å². The fourth-order valence-electron chi connectivity index (χ4n) is 11.1. The van der Waals surface area contributed by atoms with Crippen LogP contribution in [0.2, 0.25) is 0 Å². The van der Waals surface area contributed by atoms with Crippen molar-refractivity contribution >= 4 is 0 Å². The Balaban J connectivity index is 1.02. The zero-order chi connectivity index (χ0) is 50.2. The van der Waals surface area contributed by atoms with E-state index >= 15 is 0 Å². The van der Waals surface area contributed by atoms with Gasteiger partial charge in [0.25, 0.3) is 0 Å². The van der Waals surface area contributed by atoms with Gasteiger partial charge in [0.05, 0.1) is 17.1 Å². The van der Waals surface area contributed by atoms with Gasteiger partial charge in [-0.05, 0) is 156 Å². The first kappa shape index (κ1) is 48.4. The number of nitrogens with zero attached hydrogens (tertiary/aromatic N) is 3. The molecule has 360 valence electrons. The van der Waals surface area contributed by atoms with Gasteiger partial charge in [-0.2, -0.15) is 0 Å². The number of hydrogen-bond acceptors (Lipinski definition) is 3. The highest BCUT2D eigenvalue weighted by Crippen LogP contribution is 2.52. The Labute approximate surface area is 429 Å². The van der Waals surface area contributed by atoms with Crippen LogP contribution in [-0.4, -0.2) is 15.0 Å². The number of rotatable bonds is 9. The van der Waals surface area contributed by atoms with Crippen molar-refractivity contribution in [2.45, 2.75) is 116 Å². The quantitative estimate of drug-likeness (QED) is 0.145. The lowest BCUT2D eigenvalue weighted by molar-refractivity contribution is 0.353. The molecule has 0 radical (unpaired) electrons. The zero-order valence-corrected chi connectivity index (χ0v) is 43.7. The first-order valence-corrected chi connectivity index (χ1v) is 26.1. The van der Waals surface area contributed by atoms with E-state index in [-0.39, 0.29) is 16.2 Å². The van der Waals surface area contributed by atoms with Gasteiger partial charge >= 0.3 is 0 Å². The van der Waals surface area contributed by atoms with Crippen LogP contribution in [-0.2, 0) is 16.2 Å². The third kappa shape index (κ3) is 10.4. The number of benzene rings is 6. The van der Waals surface area contributed by atoms with E-state index in [1.807, 2.05) is 18.6 Å². The molecule has 72 heavy (non-hydrogen) atoms. The van der Waals surface area contributed by atoms with Gasteiger partial charge in [0, 0.05) is 35.3 Å². The molecule has 0 atom stereocenters. The number of pyridine rings is 3. The van der Waals surface area contributed by atoms with Gasteiger partial charge in [-0.1, -0.05) is 208 Å². The molecule has 1 aliphatic carbocycles. The van der Waals surface area contributed by atoms with Crippen LogP contribution in [0.1, 0.15) is 133 Å². The van der Waals surface area contributed by atoms with Gasteiger partial charge < -0.3 is 0 Å². The van der Waals surface area contributed by atoms with E-state index in [0.717, 1.165) is 53.0 Å². The van der Waals surface area contributed by atoms with Crippen molar-refractivity contribution < 1.29 is 0 Å². The summed E-state index contributed by atoms with van der Waals surface area (Å²) in [6.07, 6.45) is 9.03. The first-order chi connectivity index (χ1) is 34.6. The SMILES string of the molecule is CC(C)(C)c1ccnc(-c2ccc(-c3ccccc3C3CC(c4ccccc4-c4ccc(-c5cc(C(C)(C)C)ccn5)cc4)CC(c4ccccc4-c4ccc(-c5cc(C(C)(C)C)ccn5)cc4)C3)cc2)c1. The van der Waals surface area contributed by atoms with Crippen molar-refractivity contribution in [2.75, 3.05) is 0 Å². The first-order valence-electron chi connectivity index (χ1n) is 26.1. The van der Waals surface area contributed by atoms with E-state index in [0.29, 0.717) is 17.8 Å². The molecule has 1 aliphatic rings. The summed E-state index contributed by atoms with van der Waals surface area (Å²) in [4.78, 5) is 14.4. The van der Waals surface area contributed by atoms with Crippen molar-refractivity contribution in [2.24, 2.45) is 0 Å². The third-order valence-corrected chi connectivity index (χ3v) is 15.3.